The van der Waals surface area contributed by atoms with Gasteiger partial charge in [-0.05, 0) is 73.4 Å². The Morgan fingerprint density at radius 3 is 2.64 bits per heavy atom. The highest BCUT2D eigenvalue weighted by Crippen LogP contribution is 2.55. The zero-order chi connectivity index (χ0) is 23.4. The second-order valence-corrected chi connectivity index (χ2v) is 8.79. The van der Waals surface area contributed by atoms with Crippen LogP contribution in [0.1, 0.15) is 46.9 Å². The number of carbonyl (C=O) groups excluding carboxylic acids is 1. The van der Waals surface area contributed by atoms with Crippen LogP contribution in [0.15, 0.2) is 54.2 Å². The molecule has 2 atom stereocenters. The first-order chi connectivity index (χ1) is 15.7. The Morgan fingerprint density at radius 1 is 1.18 bits per heavy atom. The number of halogens is 2. The SMILES string of the molecule is C[C@]12Cc3cnn(-c4ccc(F)cc4)c3C=C1CC[C@@]2(O)C#Cc1ccc(F)cc1C(N)=O. The van der Waals surface area contributed by atoms with Gasteiger partial charge >= 0.3 is 0 Å². The molecule has 0 radical (unpaired) electrons. The van der Waals surface area contributed by atoms with E-state index < -0.39 is 22.7 Å². The van der Waals surface area contributed by atoms with Crippen LogP contribution in [0, 0.1) is 28.9 Å². The standard InChI is InChI=1S/C26H21F2N3O2/c1-25-14-17-15-30-31(21-6-4-19(27)5-7-21)23(17)12-18(25)9-11-26(25,33)10-8-16-2-3-20(28)13-22(16)24(29)32/h2-7,12-13,15,33H,9,11,14H2,1H3,(H2,29,32)/t25-,26-/m0/s1. The van der Waals surface area contributed by atoms with E-state index in [1.54, 1.807) is 23.0 Å². The van der Waals surface area contributed by atoms with Gasteiger partial charge in [-0.3, -0.25) is 4.79 Å². The molecule has 3 aromatic rings. The van der Waals surface area contributed by atoms with Gasteiger partial charge in [0, 0.05) is 11.0 Å². The van der Waals surface area contributed by atoms with Crippen LogP contribution in [0.25, 0.3) is 11.8 Å². The lowest BCUT2D eigenvalue weighted by molar-refractivity contribution is 0.0153. The van der Waals surface area contributed by atoms with Crippen LogP contribution in [0.4, 0.5) is 8.78 Å². The van der Waals surface area contributed by atoms with E-state index in [9.17, 15) is 18.7 Å². The Bertz CT molecular complexity index is 1380. The van der Waals surface area contributed by atoms with Crippen molar-refractivity contribution in [2.45, 2.75) is 31.8 Å². The third kappa shape index (κ3) is 3.35. The maximum Gasteiger partial charge on any atom is 0.250 e. The first kappa shape index (κ1) is 21.1. The van der Waals surface area contributed by atoms with E-state index in [0.717, 1.165) is 28.6 Å². The number of aromatic nitrogens is 2. The summed E-state index contributed by atoms with van der Waals surface area (Å²) in [5, 5.41) is 16.1. The molecule has 5 nitrogen and oxygen atoms in total. The highest BCUT2D eigenvalue weighted by Gasteiger charge is 2.54. The number of amides is 1. The summed E-state index contributed by atoms with van der Waals surface area (Å²) in [6, 6.07) is 9.78. The topological polar surface area (TPSA) is 81.1 Å². The summed E-state index contributed by atoms with van der Waals surface area (Å²) < 4.78 is 28.7. The molecule has 1 fully saturated rings. The molecule has 33 heavy (non-hydrogen) atoms. The number of hydrogen-bond acceptors (Lipinski definition) is 3. The molecule has 3 N–H and O–H groups in total. The number of benzene rings is 2. The van der Waals surface area contributed by atoms with Crippen LogP contribution >= 0.6 is 0 Å². The average molecular weight is 445 g/mol. The third-order valence-corrected chi connectivity index (χ3v) is 6.84. The fourth-order valence-corrected chi connectivity index (χ4v) is 4.84. The molecule has 1 aromatic heterocycles. The molecule has 7 heteroatoms. The second kappa shape index (κ2) is 7.39. The number of carbonyl (C=O) groups is 1. The summed E-state index contributed by atoms with van der Waals surface area (Å²) >= 11 is 0. The summed E-state index contributed by atoms with van der Waals surface area (Å²) in [5.41, 5.74) is 7.28. The van der Waals surface area contributed by atoms with Crippen molar-refractivity contribution in [2.75, 3.05) is 0 Å². The van der Waals surface area contributed by atoms with E-state index in [-0.39, 0.29) is 16.9 Å². The largest absolute Gasteiger partial charge is 0.377 e. The molecule has 2 aromatic carbocycles. The predicted octanol–water partition coefficient (Wildman–Crippen LogP) is 3.77. The number of nitrogens with two attached hydrogens (primary N) is 1. The maximum absolute atomic E-state index is 13.6. The van der Waals surface area contributed by atoms with Gasteiger partial charge in [-0.15, -0.1) is 0 Å². The van der Waals surface area contributed by atoms with Crippen molar-refractivity contribution in [3.05, 3.63) is 88.3 Å². The lowest BCUT2D eigenvalue weighted by Gasteiger charge is -2.39. The fourth-order valence-electron chi connectivity index (χ4n) is 4.84. The van der Waals surface area contributed by atoms with Crippen molar-refractivity contribution in [3.8, 4) is 17.5 Å². The van der Waals surface area contributed by atoms with Crippen LogP contribution < -0.4 is 5.73 Å². The molecule has 5 rings (SSSR count). The van der Waals surface area contributed by atoms with Crippen molar-refractivity contribution in [2.24, 2.45) is 11.1 Å². The number of fused-ring (bicyclic) bond motifs is 2. The summed E-state index contributed by atoms with van der Waals surface area (Å²) in [4.78, 5) is 11.7. The van der Waals surface area contributed by atoms with Gasteiger partial charge < -0.3 is 10.8 Å². The van der Waals surface area contributed by atoms with Gasteiger partial charge in [0.2, 0.25) is 5.91 Å². The summed E-state index contributed by atoms with van der Waals surface area (Å²) in [7, 11) is 0. The van der Waals surface area contributed by atoms with Gasteiger partial charge in [0.1, 0.15) is 17.2 Å². The van der Waals surface area contributed by atoms with Gasteiger partial charge in [-0.2, -0.15) is 5.10 Å². The summed E-state index contributed by atoms with van der Waals surface area (Å²) in [6.07, 6.45) is 5.37. The van der Waals surface area contributed by atoms with Crippen molar-refractivity contribution in [1.29, 1.82) is 0 Å². The first-order valence-electron chi connectivity index (χ1n) is 10.6. The normalized spacial score (nSPS) is 23.2. The third-order valence-electron chi connectivity index (χ3n) is 6.84. The van der Waals surface area contributed by atoms with Crippen LogP contribution in [-0.2, 0) is 6.42 Å². The Hall–Kier alpha value is -3.76. The highest BCUT2D eigenvalue weighted by atomic mass is 19.1. The van der Waals surface area contributed by atoms with Crippen LogP contribution in [0.3, 0.4) is 0 Å². The van der Waals surface area contributed by atoms with Gasteiger partial charge in [0.15, 0.2) is 0 Å². The molecule has 0 spiro atoms. The molecule has 1 amide bonds. The van der Waals surface area contributed by atoms with E-state index in [2.05, 4.69) is 16.9 Å². The van der Waals surface area contributed by atoms with Gasteiger partial charge in [-0.25, -0.2) is 13.5 Å². The van der Waals surface area contributed by atoms with E-state index in [4.69, 9.17) is 5.73 Å². The molecular formula is C26H21F2N3O2. The number of nitrogens with zero attached hydrogens (tertiary/aromatic N) is 2. The Balaban J connectivity index is 1.52. The maximum atomic E-state index is 13.6. The molecule has 0 unspecified atom stereocenters. The van der Waals surface area contributed by atoms with Crippen LogP contribution in [0.5, 0.6) is 0 Å². The second-order valence-electron chi connectivity index (χ2n) is 8.79. The van der Waals surface area contributed by atoms with E-state index >= 15 is 0 Å². The zero-order valence-corrected chi connectivity index (χ0v) is 17.9. The number of aliphatic hydroxyl groups is 1. The van der Waals surface area contributed by atoms with Crippen LogP contribution in [-0.4, -0.2) is 26.4 Å². The number of rotatable bonds is 2. The first-order valence-corrected chi connectivity index (χ1v) is 10.6. The predicted molar refractivity (Wildman–Crippen MR) is 119 cm³/mol. The van der Waals surface area contributed by atoms with Gasteiger partial charge in [0.25, 0.3) is 0 Å². The average Bonchev–Trinajstić information content (AvgIpc) is 3.29. The molecule has 166 valence electrons. The zero-order valence-electron chi connectivity index (χ0n) is 17.9. The minimum Gasteiger partial charge on any atom is -0.377 e. The monoisotopic (exact) mass is 445 g/mol. The fraction of sp³-hybridized carbons (Fsp3) is 0.231. The van der Waals surface area contributed by atoms with Crippen molar-refractivity contribution in [3.63, 3.8) is 0 Å². The van der Waals surface area contributed by atoms with Crippen molar-refractivity contribution >= 4 is 12.0 Å². The lowest BCUT2D eigenvalue weighted by Crippen LogP contribution is -2.44. The number of primary amides is 1. The Labute approximate surface area is 189 Å². The van der Waals surface area contributed by atoms with E-state index in [0.29, 0.717) is 19.3 Å². The van der Waals surface area contributed by atoms with Crippen LogP contribution in [0.2, 0.25) is 0 Å². The lowest BCUT2D eigenvalue weighted by atomic mass is 9.67. The summed E-state index contributed by atoms with van der Waals surface area (Å²) in [5.74, 6) is 4.17. The molecular weight excluding hydrogens is 424 g/mol. The quantitative estimate of drug-likeness (QED) is 0.590. The van der Waals surface area contributed by atoms with Gasteiger partial charge in [-0.1, -0.05) is 24.3 Å². The van der Waals surface area contributed by atoms with Crippen molar-refractivity contribution in [1.82, 2.24) is 9.78 Å². The molecule has 2 aliphatic carbocycles. The minimum atomic E-state index is -1.35. The van der Waals surface area contributed by atoms with Crippen molar-refractivity contribution < 1.29 is 18.7 Å². The smallest absolute Gasteiger partial charge is 0.250 e. The highest BCUT2D eigenvalue weighted by molar-refractivity contribution is 5.95. The number of hydrogen-bond donors (Lipinski definition) is 2. The molecule has 2 aliphatic rings. The van der Waals surface area contributed by atoms with E-state index in [1.165, 1.54) is 24.3 Å². The minimum absolute atomic E-state index is 0.0171. The molecule has 1 saturated carbocycles. The summed E-state index contributed by atoms with van der Waals surface area (Å²) in [6.45, 7) is 1.97. The Morgan fingerprint density at radius 2 is 1.91 bits per heavy atom. The molecule has 0 saturated heterocycles. The molecule has 0 aliphatic heterocycles. The van der Waals surface area contributed by atoms with Gasteiger partial charge in [0.05, 0.1) is 23.1 Å². The molecule has 1 heterocycles. The van der Waals surface area contributed by atoms with E-state index in [1.807, 2.05) is 13.0 Å². The molecule has 0 bridgehead atoms. The Kier molecular flexibility index (Phi) is 4.73.